The van der Waals surface area contributed by atoms with Gasteiger partial charge in [0.05, 0.1) is 5.52 Å². The van der Waals surface area contributed by atoms with Crippen LogP contribution in [0.3, 0.4) is 0 Å². The smallest absolute Gasteiger partial charge is 0.0702 e. The maximum atomic E-state index is 4.62. The van der Waals surface area contributed by atoms with E-state index < -0.39 is 0 Å². The molecule has 0 aliphatic heterocycles. The van der Waals surface area contributed by atoms with Gasteiger partial charge >= 0.3 is 0 Å². The zero-order chi connectivity index (χ0) is 32.4. The lowest BCUT2D eigenvalue weighted by molar-refractivity contribution is 0.591. The number of pyridine rings is 1. The predicted octanol–water partition coefficient (Wildman–Crippen LogP) is 13.1. The maximum Gasteiger partial charge on any atom is 0.0702 e. The summed E-state index contributed by atoms with van der Waals surface area (Å²) < 4.78 is 0. The van der Waals surface area contributed by atoms with Crippen LogP contribution < -0.4 is 0 Å². The molecule has 228 valence electrons. The fourth-order valence-electron chi connectivity index (χ4n) is 7.45. The Morgan fingerprint density at radius 3 is 1.58 bits per heavy atom. The van der Waals surface area contributed by atoms with Gasteiger partial charge in [0.25, 0.3) is 0 Å². The van der Waals surface area contributed by atoms with Crippen LogP contribution in [0.15, 0.2) is 158 Å². The van der Waals surface area contributed by atoms with Crippen molar-refractivity contribution in [2.24, 2.45) is 0 Å². The van der Waals surface area contributed by atoms with E-state index in [0.29, 0.717) is 0 Å². The normalized spacial score (nSPS) is 12.1. The number of benzene rings is 8. The van der Waals surface area contributed by atoms with Crippen LogP contribution in [0, 0.1) is 0 Å². The summed E-state index contributed by atoms with van der Waals surface area (Å²) in [4.78, 5) is 4.62. The highest BCUT2D eigenvalue weighted by Crippen LogP contribution is 2.46. The Bertz CT molecular complexity index is 2550. The second-order valence-corrected chi connectivity index (χ2v) is 14.1. The molecule has 0 saturated heterocycles. The van der Waals surface area contributed by atoms with Crippen molar-refractivity contribution in [2.45, 2.75) is 26.2 Å². The average Bonchev–Trinajstić information content (AvgIpc) is 3.13. The van der Waals surface area contributed by atoms with E-state index >= 15 is 0 Å². The summed E-state index contributed by atoms with van der Waals surface area (Å²) in [6.07, 6.45) is 1.87. The van der Waals surface area contributed by atoms with Crippen LogP contribution in [-0.2, 0) is 5.41 Å². The van der Waals surface area contributed by atoms with Gasteiger partial charge in [-0.1, -0.05) is 130 Å². The SMILES string of the molecule is CC(C)(C)c1cc2ccc3c(-c4cc(-c5ccccc5)cc(-c5ccccc5)c4)cc(-c4ccc5ncccc5c4)c4ccc(c1)c2c34. The van der Waals surface area contributed by atoms with Crippen LogP contribution in [0.2, 0.25) is 0 Å². The molecule has 0 bridgehead atoms. The molecule has 9 rings (SSSR count). The van der Waals surface area contributed by atoms with Gasteiger partial charge in [0.2, 0.25) is 0 Å². The molecule has 0 unspecified atom stereocenters. The molecule has 0 aliphatic carbocycles. The van der Waals surface area contributed by atoms with Crippen LogP contribution in [-0.4, -0.2) is 4.98 Å². The molecule has 48 heavy (non-hydrogen) atoms. The first-order valence-electron chi connectivity index (χ1n) is 16.8. The Labute approximate surface area is 281 Å². The Hall–Kier alpha value is -5.79. The summed E-state index contributed by atoms with van der Waals surface area (Å²) in [6, 6.07) is 56.0. The fourth-order valence-corrected chi connectivity index (χ4v) is 7.45. The molecular weight excluding hydrogens is 579 g/mol. The van der Waals surface area contributed by atoms with Crippen molar-refractivity contribution in [3.63, 3.8) is 0 Å². The maximum absolute atomic E-state index is 4.62. The molecule has 0 amide bonds. The minimum atomic E-state index is 0.0611. The molecule has 9 aromatic rings. The Balaban J connectivity index is 1.40. The van der Waals surface area contributed by atoms with E-state index in [1.165, 1.54) is 82.4 Å². The molecule has 0 N–H and O–H groups in total. The topological polar surface area (TPSA) is 12.9 Å². The molecule has 0 saturated carbocycles. The molecule has 1 aromatic heterocycles. The standard InChI is InChI=1S/C47H35N/c1-47(2,3)39-27-34-16-19-40-42(32-18-21-44-33(23-32)15-10-22-48-44)29-43(41-20-17-35(28-39)45(34)46(40)41)38-25-36(30-11-6-4-7-12-30)24-37(26-38)31-13-8-5-9-14-31/h4-29H,1-3H3. The molecule has 0 aliphatic rings. The minimum absolute atomic E-state index is 0.0611. The fraction of sp³-hybridized carbons (Fsp3) is 0.0851. The van der Waals surface area contributed by atoms with Gasteiger partial charge in [-0.25, -0.2) is 0 Å². The monoisotopic (exact) mass is 613 g/mol. The Morgan fingerprint density at radius 2 is 0.979 bits per heavy atom. The van der Waals surface area contributed by atoms with E-state index in [1.807, 2.05) is 12.3 Å². The summed E-state index contributed by atoms with van der Waals surface area (Å²) in [6.45, 7) is 6.90. The second kappa shape index (κ2) is 10.9. The molecule has 1 nitrogen and oxygen atoms in total. The van der Waals surface area contributed by atoms with Crippen molar-refractivity contribution in [3.05, 3.63) is 163 Å². The highest BCUT2D eigenvalue weighted by molar-refractivity contribution is 6.28. The molecule has 0 spiro atoms. The van der Waals surface area contributed by atoms with Crippen molar-refractivity contribution >= 4 is 43.2 Å². The zero-order valence-corrected chi connectivity index (χ0v) is 27.5. The first-order valence-corrected chi connectivity index (χ1v) is 16.8. The van der Waals surface area contributed by atoms with Crippen LogP contribution in [0.25, 0.3) is 87.7 Å². The van der Waals surface area contributed by atoms with Crippen LogP contribution in [0.1, 0.15) is 26.3 Å². The van der Waals surface area contributed by atoms with Crippen LogP contribution in [0.5, 0.6) is 0 Å². The van der Waals surface area contributed by atoms with E-state index in [0.717, 1.165) is 10.9 Å². The third-order valence-corrected chi connectivity index (χ3v) is 9.95. The van der Waals surface area contributed by atoms with Crippen molar-refractivity contribution in [2.75, 3.05) is 0 Å². The first kappa shape index (κ1) is 28.4. The minimum Gasteiger partial charge on any atom is -0.256 e. The van der Waals surface area contributed by atoms with Crippen molar-refractivity contribution < 1.29 is 0 Å². The molecule has 8 aromatic carbocycles. The number of fused-ring (bicyclic) bond motifs is 1. The lowest BCUT2D eigenvalue weighted by atomic mass is 9.81. The predicted molar refractivity (Wildman–Crippen MR) is 206 cm³/mol. The number of nitrogens with zero attached hydrogens (tertiary/aromatic N) is 1. The van der Waals surface area contributed by atoms with Gasteiger partial charge in [-0.05, 0) is 130 Å². The Morgan fingerprint density at radius 1 is 0.396 bits per heavy atom. The average molecular weight is 614 g/mol. The molecule has 0 radical (unpaired) electrons. The molecule has 0 atom stereocenters. The molecular formula is C47H35N. The van der Waals surface area contributed by atoms with Gasteiger partial charge in [-0.2, -0.15) is 0 Å². The molecule has 0 fully saturated rings. The van der Waals surface area contributed by atoms with E-state index in [9.17, 15) is 0 Å². The highest BCUT2D eigenvalue weighted by Gasteiger charge is 2.21. The third-order valence-electron chi connectivity index (χ3n) is 9.95. The number of aromatic nitrogens is 1. The summed E-state index contributed by atoms with van der Waals surface area (Å²) in [5.41, 5.74) is 12.2. The summed E-state index contributed by atoms with van der Waals surface area (Å²) in [7, 11) is 0. The summed E-state index contributed by atoms with van der Waals surface area (Å²) in [5, 5.41) is 8.97. The molecule has 1 heteroatoms. The Kier molecular flexibility index (Phi) is 6.45. The van der Waals surface area contributed by atoms with Crippen LogP contribution in [0.4, 0.5) is 0 Å². The highest BCUT2D eigenvalue weighted by atomic mass is 14.6. The van der Waals surface area contributed by atoms with E-state index in [4.69, 9.17) is 0 Å². The van der Waals surface area contributed by atoms with E-state index in [-0.39, 0.29) is 5.41 Å². The lowest BCUT2D eigenvalue weighted by Gasteiger charge is -2.23. The summed E-state index contributed by atoms with van der Waals surface area (Å²) in [5.74, 6) is 0. The first-order chi connectivity index (χ1) is 23.4. The molecule has 1 heterocycles. The van der Waals surface area contributed by atoms with Gasteiger partial charge in [-0.3, -0.25) is 4.98 Å². The van der Waals surface area contributed by atoms with Gasteiger partial charge in [0.15, 0.2) is 0 Å². The van der Waals surface area contributed by atoms with E-state index in [2.05, 4.69) is 171 Å². The summed E-state index contributed by atoms with van der Waals surface area (Å²) >= 11 is 0. The zero-order valence-electron chi connectivity index (χ0n) is 27.5. The number of rotatable bonds is 4. The number of hydrogen-bond acceptors (Lipinski definition) is 1. The van der Waals surface area contributed by atoms with Gasteiger partial charge < -0.3 is 0 Å². The van der Waals surface area contributed by atoms with E-state index in [1.54, 1.807) is 0 Å². The van der Waals surface area contributed by atoms with Crippen molar-refractivity contribution in [1.29, 1.82) is 0 Å². The van der Waals surface area contributed by atoms with Gasteiger partial charge in [-0.15, -0.1) is 0 Å². The van der Waals surface area contributed by atoms with Crippen LogP contribution >= 0.6 is 0 Å². The third kappa shape index (κ3) is 4.74. The quantitative estimate of drug-likeness (QED) is 0.180. The van der Waals surface area contributed by atoms with Crippen molar-refractivity contribution in [3.8, 4) is 44.5 Å². The number of hydrogen-bond donors (Lipinski definition) is 0. The van der Waals surface area contributed by atoms with Gasteiger partial charge in [0, 0.05) is 11.6 Å². The second-order valence-electron chi connectivity index (χ2n) is 14.1. The van der Waals surface area contributed by atoms with Crippen molar-refractivity contribution in [1.82, 2.24) is 4.98 Å². The largest absolute Gasteiger partial charge is 0.256 e. The lowest BCUT2D eigenvalue weighted by Crippen LogP contribution is -2.10. The van der Waals surface area contributed by atoms with Gasteiger partial charge in [0.1, 0.15) is 0 Å².